The van der Waals surface area contributed by atoms with E-state index in [2.05, 4.69) is 28.6 Å². The van der Waals surface area contributed by atoms with Crippen molar-refractivity contribution in [1.29, 1.82) is 0 Å². The van der Waals surface area contributed by atoms with Crippen LogP contribution in [0.4, 0.5) is 11.4 Å². The fourth-order valence-corrected chi connectivity index (χ4v) is 3.84. The van der Waals surface area contributed by atoms with E-state index in [1.165, 1.54) is 39.0 Å². The Hall–Kier alpha value is -2.66. The minimum Gasteiger partial charge on any atom is -0.326 e. The van der Waals surface area contributed by atoms with Gasteiger partial charge in [-0.05, 0) is 49.7 Å². The lowest BCUT2D eigenvalue weighted by molar-refractivity contribution is -0.114. The first kappa shape index (κ1) is 20.1. The van der Waals surface area contributed by atoms with E-state index in [0.717, 1.165) is 17.8 Å². The molecule has 0 atom stereocenters. The lowest BCUT2D eigenvalue weighted by atomic mass is 9.94. The summed E-state index contributed by atoms with van der Waals surface area (Å²) in [5, 5.41) is 5.75. The number of hydrogen-bond donors (Lipinski definition) is 2. The summed E-state index contributed by atoms with van der Waals surface area (Å²) >= 11 is 0. The molecule has 1 saturated carbocycles. The van der Waals surface area contributed by atoms with E-state index >= 15 is 0 Å². The number of hydrogen-bond acceptors (Lipinski definition) is 3. The number of carbonyl (C=O) groups is 2. The number of amides is 2. The summed E-state index contributed by atoms with van der Waals surface area (Å²) in [4.78, 5) is 26.4. The Morgan fingerprint density at radius 1 is 1.00 bits per heavy atom. The molecule has 3 rings (SSSR count). The molecule has 0 saturated heterocycles. The normalized spacial score (nSPS) is 14.7. The van der Waals surface area contributed by atoms with Gasteiger partial charge in [-0.25, -0.2) is 0 Å². The SMILES string of the molecule is CC(=O)Nc1cccc(C(=O)Nc2ccccc2CN(C)C2CCCCC2)c1. The second-order valence-electron chi connectivity index (χ2n) is 7.58. The van der Waals surface area contributed by atoms with Crippen LogP contribution in [0.15, 0.2) is 48.5 Å². The molecule has 28 heavy (non-hydrogen) atoms. The number of benzene rings is 2. The van der Waals surface area contributed by atoms with Crippen LogP contribution in [0.2, 0.25) is 0 Å². The van der Waals surface area contributed by atoms with Crippen molar-refractivity contribution in [2.75, 3.05) is 17.7 Å². The minimum absolute atomic E-state index is 0.159. The van der Waals surface area contributed by atoms with Gasteiger partial charge in [-0.2, -0.15) is 0 Å². The maximum atomic E-state index is 12.8. The number of para-hydroxylation sites is 1. The highest BCUT2D eigenvalue weighted by Crippen LogP contribution is 2.25. The van der Waals surface area contributed by atoms with Gasteiger partial charge >= 0.3 is 0 Å². The molecule has 0 radical (unpaired) electrons. The van der Waals surface area contributed by atoms with Gasteiger partial charge < -0.3 is 10.6 Å². The quantitative estimate of drug-likeness (QED) is 0.767. The molecule has 1 fully saturated rings. The third kappa shape index (κ3) is 5.42. The van der Waals surface area contributed by atoms with Crippen molar-refractivity contribution in [3.05, 3.63) is 59.7 Å². The molecule has 148 valence electrons. The van der Waals surface area contributed by atoms with Gasteiger partial charge in [-0.3, -0.25) is 14.5 Å². The molecule has 0 bridgehead atoms. The number of anilines is 2. The van der Waals surface area contributed by atoms with E-state index in [0.29, 0.717) is 17.3 Å². The lowest BCUT2D eigenvalue weighted by Gasteiger charge is -2.31. The maximum Gasteiger partial charge on any atom is 0.255 e. The van der Waals surface area contributed by atoms with Crippen LogP contribution in [0.5, 0.6) is 0 Å². The molecule has 2 N–H and O–H groups in total. The molecule has 0 aliphatic heterocycles. The molecule has 5 heteroatoms. The largest absolute Gasteiger partial charge is 0.326 e. The van der Waals surface area contributed by atoms with Crippen LogP contribution in [-0.4, -0.2) is 29.8 Å². The molecule has 0 heterocycles. The lowest BCUT2D eigenvalue weighted by Crippen LogP contribution is -2.33. The average Bonchev–Trinajstić information content (AvgIpc) is 2.70. The van der Waals surface area contributed by atoms with E-state index in [1.807, 2.05) is 18.2 Å². The molecule has 0 unspecified atom stereocenters. The Balaban J connectivity index is 1.70. The highest BCUT2D eigenvalue weighted by Gasteiger charge is 2.19. The van der Waals surface area contributed by atoms with E-state index in [4.69, 9.17) is 0 Å². The molecular formula is C23H29N3O2. The van der Waals surface area contributed by atoms with Crippen LogP contribution >= 0.6 is 0 Å². The average molecular weight is 380 g/mol. The van der Waals surface area contributed by atoms with Crippen molar-refractivity contribution in [2.24, 2.45) is 0 Å². The minimum atomic E-state index is -0.181. The molecule has 1 aliphatic rings. The van der Waals surface area contributed by atoms with E-state index < -0.39 is 0 Å². The van der Waals surface area contributed by atoms with Crippen molar-refractivity contribution in [3.63, 3.8) is 0 Å². The van der Waals surface area contributed by atoms with Gasteiger partial charge in [-0.15, -0.1) is 0 Å². The van der Waals surface area contributed by atoms with Crippen molar-refractivity contribution in [3.8, 4) is 0 Å². The zero-order valence-electron chi connectivity index (χ0n) is 16.7. The molecule has 5 nitrogen and oxygen atoms in total. The van der Waals surface area contributed by atoms with Crippen LogP contribution in [-0.2, 0) is 11.3 Å². The smallest absolute Gasteiger partial charge is 0.255 e. The van der Waals surface area contributed by atoms with Crippen molar-refractivity contribution in [2.45, 2.75) is 51.6 Å². The molecular weight excluding hydrogens is 350 g/mol. The second-order valence-corrected chi connectivity index (χ2v) is 7.58. The third-order valence-corrected chi connectivity index (χ3v) is 5.33. The van der Waals surface area contributed by atoms with Gasteiger partial charge in [0, 0.05) is 36.4 Å². The molecule has 1 aliphatic carbocycles. The Kier molecular flexibility index (Phi) is 6.82. The van der Waals surface area contributed by atoms with Crippen LogP contribution < -0.4 is 10.6 Å². The van der Waals surface area contributed by atoms with Gasteiger partial charge in [-0.1, -0.05) is 43.5 Å². The van der Waals surface area contributed by atoms with Crippen molar-refractivity contribution < 1.29 is 9.59 Å². The topological polar surface area (TPSA) is 61.4 Å². The predicted molar refractivity (Wildman–Crippen MR) is 113 cm³/mol. The summed E-state index contributed by atoms with van der Waals surface area (Å²) in [5.74, 6) is -0.339. The fourth-order valence-electron chi connectivity index (χ4n) is 3.84. The van der Waals surface area contributed by atoms with E-state index in [9.17, 15) is 9.59 Å². The zero-order chi connectivity index (χ0) is 19.9. The molecule has 0 aromatic heterocycles. The maximum absolute atomic E-state index is 12.8. The van der Waals surface area contributed by atoms with Gasteiger partial charge in [0.05, 0.1) is 0 Å². The monoisotopic (exact) mass is 379 g/mol. The Morgan fingerprint density at radius 3 is 2.50 bits per heavy atom. The summed E-state index contributed by atoms with van der Waals surface area (Å²) in [6, 6.07) is 15.6. The Labute approximate surface area is 167 Å². The molecule has 2 amide bonds. The predicted octanol–water partition coefficient (Wildman–Crippen LogP) is 4.66. The highest BCUT2D eigenvalue weighted by molar-refractivity contribution is 6.05. The van der Waals surface area contributed by atoms with Crippen LogP contribution in [0, 0.1) is 0 Å². The van der Waals surface area contributed by atoms with Gasteiger partial charge in [0.2, 0.25) is 5.91 Å². The number of nitrogens with one attached hydrogen (secondary N) is 2. The summed E-state index contributed by atoms with van der Waals surface area (Å²) in [6.45, 7) is 2.26. The molecule has 2 aromatic carbocycles. The summed E-state index contributed by atoms with van der Waals surface area (Å²) in [7, 11) is 2.17. The van der Waals surface area contributed by atoms with Crippen LogP contribution in [0.3, 0.4) is 0 Å². The number of nitrogens with zero attached hydrogens (tertiary/aromatic N) is 1. The van der Waals surface area contributed by atoms with E-state index in [-0.39, 0.29) is 11.8 Å². The first-order valence-corrected chi connectivity index (χ1v) is 10.00. The summed E-state index contributed by atoms with van der Waals surface area (Å²) in [5.41, 5.74) is 3.08. The first-order chi connectivity index (χ1) is 13.5. The Bertz CT molecular complexity index is 828. The standard InChI is InChI=1S/C23H29N3O2/c1-17(27)24-20-11-8-10-18(15-20)23(28)25-22-14-7-6-9-19(22)16-26(2)21-12-4-3-5-13-21/h6-11,14-15,21H,3-5,12-13,16H2,1-2H3,(H,24,27)(H,25,28). The second kappa shape index (κ2) is 9.51. The first-order valence-electron chi connectivity index (χ1n) is 10.00. The van der Waals surface area contributed by atoms with Crippen LogP contribution in [0.25, 0.3) is 0 Å². The van der Waals surface area contributed by atoms with Gasteiger partial charge in [0.1, 0.15) is 0 Å². The number of carbonyl (C=O) groups excluding carboxylic acids is 2. The summed E-state index contributed by atoms with van der Waals surface area (Å²) in [6.07, 6.45) is 6.45. The fraction of sp³-hybridized carbons (Fsp3) is 0.391. The zero-order valence-corrected chi connectivity index (χ0v) is 16.7. The van der Waals surface area contributed by atoms with Gasteiger partial charge in [0.15, 0.2) is 0 Å². The summed E-state index contributed by atoms with van der Waals surface area (Å²) < 4.78 is 0. The van der Waals surface area contributed by atoms with Crippen molar-refractivity contribution >= 4 is 23.2 Å². The third-order valence-electron chi connectivity index (χ3n) is 5.33. The molecule has 0 spiro atoms. The number of rotatable bonds is 6. The molecule has 2 aromatic rings. The van der Waals surface area contributed by atoms with Crippen molar-refractivity contribution in [1.82, 2.24) is 4.90 Å². The van der Waals surface area contributed by atoms with E-state index in [1.54, 1.807) is 24.3 Å². The Morgan fingerprint density at radius 2 is 1.75 bits per heavy atom. The van der Waals surface area contributed by atoms with Gasteiger partial charge in [0.25, 0.3) is 5.91 Å². The van der Waals surface area contributed by atoms with Crippen LogP contribution in [0.1, 0.15) is 54.9 Å². The highest BCUT2D eigenvalue weighted by atomic mass is 16.2.